The van der Waals surface area contributed by atoms with Gasteiger partial charge in [0.05, 0.1) is 13.2 Å². The third kappa shape index (κ3) is 2.28. The molecule has 1 aromatic carbocycles. The molecule has 3 rings (SSSR count). The van der Waals surface area contributed by atoms with E-state index in [0.29, 0.717) is 0 Å². The zero-order valence-corrected chi connectivity index (χ0v) is 12.3. The highest BCUT2D eigenvalue weighted by molar-refractivity contribution is 7.10. The van der Waals surface area contributed by atoms with Gasteiger partial charge in [-0.2, -0.15) is 0 Å². The maximum absolute atomic E-state index is 5.28. The van der Waals surface area contributed by atoms with E-state index >= 15 is 0 Å². The average molecular weight is 284 g/mol. The molecule has 0 aliphatic rings. The Morgan fingerprint density at radius 1 is 1.25 bits per heavy atom. The highest BCUT2D eigenvalue weighted by atomic mass is 32.1. The van der Waals surface area contributed by atoms with Crippen LogP contribution in [0.15, 0.2) is 48.1 Å². The molecule has 20 heavy (non-hydrogen) atoms. The smallest absolute Gasteiger partial charge is 0.129 e. The summed E-state index contributed by atoms with van der Waals surface area (Å²) in [6, 6.07) is 10.5. The third-order valence-electron chi connectivity index (χ3n) is 3.41. The number of aromatic nitrogens is 1. The molecule has 4 heteroatoms. The molecule has 0 saturated carbocycles. The molecule has 0 amide bonds. The molecule has 2 heterocycles. The quantitative estimate of drug-likeness (QED) is 0.794. The first-order chi connectivity index (χ1) is 9.83. The molecule has 3 aromatic rings. The first-order valence-corrected chi connectivity index (χ1v) is 7.34. The SMILES string of the molecule is CNC(c1cc(OC)cs1)c1cncc2ccccc12. The maximum Gasteiger partial charge on any atom is 0.129 e. The number of methoxy groups -OCH3 is 1. The predicted octanol–water partition coefficient (Wildman–Crippen LogP) is 3.61. The Bertz CT molecular complexity index is 718. The summed E-state index contributed by atoms with van der Waals surface area (Å²) in [5, 5.41) is 7.80. The van der Waals surface area contributed by atoms with Crippen molar-refractivity contribution >= 4 is 22.1 Å². The van der Waals surface area contributed by atoms with Crippen LogP contribution in [-0.4, -0.2) is 19.1 Å². The Kier molecular flexibility index (Phi) is 3.67. The minimum absolute atomic E-state index is 0.127. The number of benzene rings is 1. The Morgan fingerprint density at radius 3 is 2.85 bits per heavy atom. The molecule has 0 saturated heterocycles. The summed E-state index contributed by atoms with van der Waals surface area (Å²) in [5.41, 5.74) is 1.19. The van der Waals surface area contributed by atoms with Crippen molar-refractivity contribution in [3.8, 4) is 5.75 Å². The summed E-state index contributed by atoms with van der Waals surface area (Å²) in [6.45, 7) is 0. The number of rotatable bonds is 4. The van der Waals surface area contributed by atoms with Crippen LogP contribution >= 0.6 is 11.3 Å². The number of ether oxygens (including phenoxy) is 1. The highest BCUT2D eigenvalue weighted by Crippen LogP contribution is 2.33. The van der Waals surface area contributed by atoms with Gasteiger partial charge in [0, 0.05) is 33.6 Å². The van der Waals surface area contributed by atoms with E-state index in [0.717, 1.165) is 11.1 Å². The number of hydrogen-bond donors (Lipinski definition) is 1. The lowest BCUT2D eigenvalue weighted by Gasteiger charge is -2.16. The van der Waals surface area contributed by atoms with Crippen LogP contribution in [-0.2, 0) is 0 Å². The summed E-state index contributed by atoms with van der Waals surface area (Å²) >= 11 is 1.69. The molecule has 0 fully saturated rings. The van der Waals surface area contributed by atoms with Gasteiger partial charge in [0.1, 0.15) is 5.75 Å². The van der Waals surface area contributed by atoms with E-state index < -0.39 is 0 Å². The largest absolute Gasteiger partial charge is 0.496 e. The number of nitrogens with one attached hydrogen (secondary N) is 1. The fourth-order valence-corrected chi connectivity index (χ4v) is 3.40. The lowest BCUT2D eigenvalue weighted by molar-refractivity contribution is 0.416. The number of nitrogens with zero attached hydrogens (tertiary/aromatic N) is 1. The summed E-state index contributed by atoms with van der Waals surface area (Å²) in [7, 11) is 3.67. The van der Waals surface area contributed by atoms with Gasteiger partial charge in [-0.15, -0.1) is 11.3 Å². The van der Waals surface area contributed by atoms with Gasteiger partial charge < -0.3 is 10.1 Å². The molecule has 1 N–H and O–H groups in total. The van der Waals surface area contributed by atoms with Gasteiger partial charge in [0.25, 0.3) is 0 Å². The number of fused-ring (bicyclic) bond motifs is 1. The molecular formula is C16H16N2OS. The Balaban J connectivity index is 2.11. The monoisotopic (exact) mass is 284 g/mol. The number of hydrogen-bond acceptors (Lipinski definition) is 4. The summed E-state index contributed by atoms with van der Waals surface area (Å²) < 4.78 is 5.28. The van der Waals surface area contributed by atoms with Crippen LogP contribution in [0.5, 0.6) is 5.75 Å². The van der Waals surface area contributed by atoms with E-state index in [9.17, 15) is 0 Å². The van der Waals surface area contributed by atoms with E-state index in [1.807, 2.05) is 30.9 Å². The minimum Gasteiger partial charge on any atom is -0.496 e. The van der Waals surface area contributed by atoms with Crippen LogP contribution in [0, 0.1) is 0 Å². The van der Waals surface area contributed by atoms with Crippen molar-refractivity contribution in [3.63, 3.8) is 0 Å². The molecule has 1 unspecified atom stereocenters. The second-order valence-corrected chi connectivity index (χ2v) is 5.50. The second kappa shape index (κ2) is 5.61. The van der Waals surface area contributed by atoms with Crippen LogP contribution in [0.4, 0.5) is 0 Å². The molecule has 0 aliphatic carbocycles. The number of pyridine rings is 1. The lowest BCUT2D eigenvalue weighted by atomic mass is 10.0. The fourth-order valence-electron chi connectivity index (χ4n) is 2.41. The van der Waals surface area contributed by atoms with Crippen LogP contribution in [0.3, 0.4) is 0 Å². The lowest BCUT2D eigenvalue weighted by Crippen LogP contribution is -2.17. The fraction of sp³-hybridized carbons (Fsp3) is 0.188. The Morgan fingerprint density at radius 2 is 2.10 bits per heavy atom. The zero-order chi connectivity index (χ0) is 13.9. The summed E-state index contributed by atoms with van der Waals surface area (Å²) in [6.07, 6.45) is 3.84. The second-order valence-electron chi connectivity index (χ2n) is 4.56. The summed E-state index contributed by atoms with van der Waals surface area (Å²) in [5.74, 6) is 0.901. The van der Waals surface area contributed by atoms with E-state index in [1.165, 1.54) is 15.8 Å². The van der Waals surface area contributed by atoms with Gasteiger partial charge in [-0.1, -0.05) is 24.3 Å². The van der Waals surface area contributed by atoms with Gasteiger partial charge in [0.15, 0.2) is 0 Å². The highest BCUT2D eigenvalue weighted by Gasteiger charge is 2.17. The average Bonchev–Trinajstić information content (AvgIpc) is 2.97. The van der Waals surface area contributed by atoms with Crippen LogP contribution < -0.4 is 10.1 Å². The minimum atomic E-state index is 0.127. The van der Waals surface area contributed by atoms with Crippen LogP contribution in [0.2, 0.25) is 0 Å². The topological polar surface area (TPSA) is 34.1 Å². The molecular weight excluding hydrogens is 268 g/mol. The van der Waals surface area contributed by atoms with Crippen molar-refractivity contribution in [1.29, 1.82) is 0 Å². The van der Waals surface area contributed by atoms with E-state index in [-0.39, 0.29) is 6.04 Å². The van der Waals surface area contributed by atoms with Gasteiger partial charge >= 0.3 is 0 Å². The van der Waals surface area contributed by atoms with Gasteiger partial charge in [-0.05, 0) is 18.5 Å². The molecule has 0 radical (unpaired) electrons. The number of thiophene rings is 1. The third-order valence-corrected chi connectivity index (χ3v) is 4.39. The molecule has 0 aliphatic heterocycles. The van der Waals surface area contributed by atoms with Gasteiger partial charge in [-0.3, -0.25) is 4.98 Å². The van der Waals surface area contributed by atoms with E-state index in [2.05, 4.69) is 34.6 Å². The van der Waals surface area contributed by atoms with Crippen molar-refractivity contribution in [1.82, 2.24) is 10.3 Å². The van der Waals surface area contributed by atoms with Crippen molar-refractivity contribution in [2.24, 2.45) is 0 Å². The van der Waals surface area contributed by atoms with Gasteiger partial charge in [0.2, 0.25) is 0 Å². The first-order valence-electron chi connectivity index (χ1n) is 6.46. The van der Waals surface area contributed by atoms with Crippen molar-refractivity contribution in [3.05, 3.63) is 58.5 Å². The summed E-state index contributed by atoms with van der Waals surface area (Å²) in [4.78, 5) is 5.59. The molecule has 1 atom stereocenters. The maximum atomic E-state index is 5.28. The first kappa shape index (κ1) is 13.1. The van der Waals surface area contributed by atoms with E-state index in [4.69, 9.17) is 4.74 Å². The normalized spacial score (nSPS) is 12.5. The Hall–Kier alpha value is -1.91. The Labute approximate surface area is 122 Å². The molecule has 0 bridgehead atoms. The predicted molar refractivity (Wildman–Crippen MR) is 83.5 cm³/mol. The standard InChI is InChI=1S/C16H16N2OS/c1-17-16(15-7-12(19-2)10-20-15)14-9-18-8-11-5-3-4-6-13(11)14/h3-10,16-17H,1-2H3. The molecule has 102 valence electrons. The molecule has 2 aromatic heterocycles. The van der Waals surface area contributed by atoms with Crippen LogP contribution in [0.25, 0.3) is 10.8 Å². The van der Waals surface area contributed by atoms with Crippen molar-refractivity contribution in [2.45, 2.75) is 6.04 Å². The van der Waals surface area contributed by atoms with Gasteiger partial charge in [-0.25, -0.2) is 0 Å². The van der Waals surface area contributed by atoms with Crippen LogP contribution in [0.1, 0.15) is 16.5 Å². The van der Waals surface area contributed by atoms with Crippen molar-refractivity contribution in [2.75, 3.05) is 14.2 Å². The van der Waals surface area contributed by atoms with Crippen molar-refractivity contribution < 1.29 is 4.74 Å². The van der Waals surface area contributed by atoms with E-state index in [1.54, 1.807) is 18.4 Å². The molecule has 3 nitrogen and oxygen atoms in total. The molecule has 0 spiro atoms. The zero-order valence-electron chi connectivity index (χ0n) is 11.5.